The normalized spacial score (nSPS) is 14.5. The van der Waals surface area contributed by atoms with Gasteiger partial charge in [-0.1, -0.05) is 17.7 Å². The van der Waals surface area contributed by atoms with E-state index >= 15 is 0 Å². The number of benzene rings is 2. The van der Waals surface area contributed by atoms with Crippen molar-refractivity contribution < 1.29 is 27.4 Å². The van der Waals surface area contributed by atoms with Gasteiger partial charge in [0.1, 0.15) is 19.0 Å². The third-order valence-electron chi connectivity index (χ3n) is 4.70. The van der Waals surface area contributed by atoms with E-state index in [0.29, 0.717) is 42.8 Å². The molecule has 168 valence electrons. The molecule has 2 aromatic carbocycles. The summed E-state index contributed by atoms with van der Waals surface area (Å²) in [6.45, 7) is 2.38. The molecule has 31 heavy (non-hydrogen) atoms. The van der Waals surface area contributed by atoms with Crippen LogP contribution in [0.4, 0.5) is 5.69 Å². The largest absolute Gasteiger partial charge is 0.490 e. The first-order chi connectivity index (χ1) is 14.8. The minimum absolute atomic E-state index is 0.00143. The molecule has 10 heteroatoms. The standard InChI is InChI=1S/C21H25ClN2O6S/c1-23(2)31(26,27)18-6-7-20(24-8-10-28-11-9-24)19(15-18)21(25)30-13-12-29-17-5-3-4-16(22)14-17/h3-7,14-15H,8-13H2,1-2H3. The van der Waals surface area contributed by atoms with Gasteiger partial charge in [-0.3, -0.25) is 0 Å². The Morgan fingerprint density at radius 2 is 1.87 bits per heavy atom. The molecule has 0 saturated carbocycles. The predicted octanol–water partition coefficient (Wildman–Crippen LogP) is 2.66. The number of carbonyl (C=O) groups excluding carboxylic acids is 1. The lowest BCUT2D eigenvalue weighted by Gasteiger charge is -2.30. The highest BCUT2D eigenvalue weighted by Crippen LogP contribution is 2.27. The Morgan fingerprint density at radius 3 is 2.55 bits per heavy atom. The van der Waals surface area contributed by atoms with Crippen molar-refractivity contribution in [2.45, 2.75) is 4.90 Å². The van der Waals surface area contributed by atoms with Gasteiger partial charge < -0.3 is 19.1 Å². The maximum absolute atomic E-state index is 12.9. The van der Waals surface area contributed by atoms with E-state index in [0.717, 1.165) is 4.31 Å². The number of hydrogen-bond donors (Lipinski definition) is 0. The van der Waals surface area contributed by atoms with Gasteiger partial charge in [-0.05, 0) is 36.4 Å². The van der Waals surface area contributed by atoms with E-state index in [-0.39, 0.29) is 23.7 Å². The van der Waals surface area contributed by atoms with Crippen LogP contribution in [0.5, 0.6) is 5.75 Å². The molecular weight excluding hydrogens is 444 g/mol. The van der Waals surface area contributed by atoms with Gasteiger partial charge in [-0.25, -0.2) is 17.5 Å². The van der Waals surface area contributed by atoms with Crippen LogP contribution in [0.1, 0.15) is 10.4 Å². The molecule has 0 radical (unpaired) electrons. The van der Waals surface area contributed by atoms with Crippen molar-refractivity contribution in [3.8, 4) is 5.75 Å². The van der Waals surface area contributed by atoms with E-state index in [1.54, 1.807) is 30.3 Å². The van der Waals surface area contributed by atoms with Crippen molar-refractivity contribution in [1.29, 1.82) is 0 Å². The molecule has 0 amide bonds. The van der Waals surface area contributed by atoms with Gasteiger partial charge in [0.25, 0.3) is 0 Å². The van der Waals surface area contributed by atoms with Crippen molar-refractivity contribution >= 4 is 33.3 Å². The molecule has 0 spiro atoms. The minimum atomic E-state index is -3.70. The van der Waals surface area contributed by atoms with Crippen LogP contribution in [-0.4, -0.2) is 72.3 Å². The van der Waals surface area contributed by atoms with Crippen LogP contribution >= 0.6 is 11.6 Å². The molecule has 8 nitrogen and oxygen atoms in total. The summed E-state index contributed by atoms with van der Waals surface area (Å²) < 4.78 is 42.5. The topological polar surface area (TPSA) is 85.4 Å². The Labute approximate surface area is 187 Å². The van der Waals surface area contributed by atoms with Crippen molar-refractivity contribution in [2.75, 3.05) is 58.5 Å². The van der Waals surface area contributed by atoms with Crippen molar-refractivity contribution in [1.82, 2.24) is 4.31 Å². The second kappa shape index (κ2) is 10.3. The van der Waals surface area contributed by atoms with Crippen molar-refractivity contribution in [3.63, 3.8) is 0 Å². The monoisotopic (exact) mass is 468 g/mol. The number of halogens is 1. The number of carbonyl (C=O) groups is 1. The molecule has 0 N–H and O–H groups in total. The van der Waals surface area contributed by atoms with Crippen LogP contribution < -0.4 is 9.64 Å². The van der Waals surface area contributed by atoms with Gasteiger partial charge in [0.2, 0.25) is 10.0 Å². The summed E-state index contributed by atoms with van der Waals surface area (Å²) in [5.41, 5.74) is 0.800. The number of nitrogens with zero attached hydrogens (tertiary/aromatic N) is 2. The van der Waals surface area contributed by atoms with E-state index in [1.807, 2.05) is 4.90 Å². The zero-order valence-electron chi connectivity index (χ0n) is 17.4. The van der Waals surface area contributed by atoms with Gasteiger partial charge in [-0.15, -0.1) is 0 Å². The SMILES string of the molecule is CN(C)S(=O)(=O)c1ccc(N2CCOCC2)c(C(=O)OCCOc2cccc(Cl)c2)c1. The molecular formula is C21H25ClN2O6S. The lowest BCUT2D eigenvalue weighted by atomic mass is 10.1. The molecule has 1 aliphatic heterocycles. The quantitative estimate of drug-likeness (QED) is 0.435. The number of ether oxygens (including phenoxy) is 3. The number of esters is 1. The summed E-state index contributed by atoms with van der Waals surface area (Å²) in [6, 6.07) is 11.4. The minimum Gasteiger partial charge on any atom is -0.490 e. The molecule has 1 aliphatic rings. The molecule has 0 aromatic heterocycles. The van der Waals surface area contributed by atoms with Gasteiger partial charge in [0.05, 0.1) is 29.4 Å². The Balaban J connectivity index is 1.76. The van der Waals surface area contributed by atoms with Gasteiger partial charge in [-0.2, -0.15) is 0 Å². The Morgan fingerprint density at radius 1 is 1.13 bits per heavy atom. The Bertz CT molecular complexity index is 1020. The fraction of sp³-hybridized carbons (Fsp3) is 0.381. The van der Waals surface area contributed by atoms with E-state index in [4.69, 9.17) is 25.8 Å². The van der Waals surface area contributed by atoms with E-state index in [9.17, 15) is 13.2 Å². The van der Waals surface area contributed by atoms with Gasteiger partial charge in [0.15, 0.2) is 0 Å². The third kappa shape index (κ3) is 5.88. The molecule has 0 atom stereocenters. The van der Waals surface area contributed by atoms with Crippen molar-refractivity contribution in [2.24, 2.45) is 0 Å². The third-order valence-corrected chi connectivity index (χ3v) is 6.75. The number of rotatable bonds is 8. The summed E-state index contributed by atoms with van der Waals surface area (Å²) >= 11 is 5.92. The Kier molecular flexibility index (Phi) is 7.77. The average Bonchev–Trinajstić information content (AvgIpc) is 2.76. The first kappa shape index (κ1) is 23.3. The van der Waals surface area contributed by atoms with E-state index < -0.39 is 16.0 Å². The zero-order chi connectivity index (χ0) is 22.4. The molecule has 0 bridgehead atoms. The van der Waals surface area contributed by atoms with Gasteiger partial charge >= 0.3 is 5.97 Å². The van der Waals surface area contributed by atoms with E-state index in [2.05, 4.69) is 0 Å². The van der Waals surface area contributed by atoms with Crippen LogP contribution in [0.3, 0.4) is 0 Å². The van der Waals surface area contributed by atoms with Crippen LogP contribution in [0.15, 0.2) is 47.4 Å². The number of morpholine rings is 1. The fourth-order valence-corrected chi connectivity index (χ4v) is 4.17. The molecule has 0 unspecified atom stereocenters. The number of anilines is 1. The maximum Gasteiger partial charge on any atom is 0.340 e. The summed E-state index contributed by atoms with van der Waals surface area (Å²) in [5.74, 6) is -0.0522. The summed E-state index contributed by atoms with van der Waals surface area (Å²) in [6.07, 6.45) is 0. The fourth-order valence-electron chi connectivity index (χ4n) is 3.06. The first-order valence-corrected chi connectivity index (χ1v) is 11.6. The lowest BCUT2D eigenvalue weighted by molar-refractivity contribution is 0.0450. The highest BCUT2D eigenvalue weighted by atomic mass is 35.5. The first-order valence-electron chi connectivity index (χ1n) is 9.74. The van der Waals surface area contributed by atoms with Crippen molar-refractivity contribution in [3.05, 3.63) is 53.1 Å². The maximum atomic E-state index is 12.9. The smallest absolute Gasteiger partial charge is 0.340 e. The molecule has 2 aromatic rings. The zero-order valence-corrected chi connectivity index (χ0v) is 19.0. The summed E-state index contributed by atoms with van der Waals surface area (Å²) in [7, 11) is -0.819. The lowest BCUT2D eigenvalue weighted by Crippen LogP contribution is -2.37. The summed E-state index contributed by atoms with van der Waals surface area (Å²) in [5, 5.41) is 0.545. The molecule has 1 fully saturated rings. The van der Waals surface area contributed by atoms with E-state index in [1.165, 1.54) is 26.2 Å². The summed E-state index contributed by atoms with van der Waals surface area (Å²) in [4.78, 5) is 14.9. The number of sulfonamides is 1. The average molecular weight is 469 g/mol. The van der Waals surface area contributed by atoms with Crippen LogP contribution in [0, 0.1) is 0 Å². The van der Waals surface area contributed by atoms with Crippen LogP contribution in [-0.2, 0) is 19.5 Å². The number of hydrogen-bond acceptors (Lipinski definition) is 7. The van der Waals surface area contributed by atoms with Crippen LogP contribution in [0.25, 0.3) is 0 Å². The highest BCUT2D eigenvalue weighted by molar-refractivity contribution is 7.89. The van der Waals surface area contributed by atoms with Gasteiger partial charge in [0, 0.05) is 32.2 Å². The highest BCUT2D eigenvalue weighted by Gasteiger charge is 2.25. The second-order valence-corrected chi connectivity index (χ2v) is 9.60. The molecule has 0 aliphatic carbocycles. The Hall–Kier alpha value is -2.33. The molecule has 1 heterocycles. The predicted molar refractivity (Wildman–Crippen MR) is 118 cm³/mol. The molecule has 1 saturated heterocycles. The molecule has 3 rings (SSSR count). The van der Waals surface area contributed by atoms with Crippen LogP contribution in [0.2, 0.25) is 5.02 Å². The second-order valence-electron chi connectivity index (χ2n) is 7.01.